The maximum atomic E-state index is 11.8. The van der Waals surface area contributed by atoms with Crippen molar-refractivity contribution in [3.8, 4) is 0 Å². The fourth-order valence-corrected chi connectivity index (χ4v) is 2.17. The number of hydrogen-bond acceptors (Lipinski definition) is 3. The van der Waals surface area contributed by atoms with E-state index in [4.69, 9.17) is 11.6 Å². The van der Waals surface area contributed by atoms with Crippen LogP contribution in [0, 0.1) is 0 Å². The second-order valence-electron chi connectivity index (χ2n) is 3.43. The van der Waals surface area contributed by atoms with Crippen molar-refractivity contribution in [3.05, 3.63) is 59.2 Å². The topological polar surface area (TPSA) is 59.4 Å². The molecular weight excluding hydrogens is 272 g/mol. The molecule has 1 aromatic carbocycles. The van der Waals surface area contributed by atoms with Crippen LogP contribution in [-0.2, 0) is 10.0 Å². The van der Waals surface area contributed by atoms with E-state index in [1.807, 2.05) is 0 Å². The molecule has 2 aromatic rings. The summed E-state index contributed by atoms with van der Waals surface area (Å²) in [5.41, 5.74) is 0.652. The van der Waals surface area contributed by atoms with E-state index in [1.54, 1.807) is 36.4 Å². The number of sulfonamides is 1. The summed E-state index contributed by atoms with van der Waals surface area (Å²) >= 11 is 5.72. The maximum absolute atomic E-state index is 11.8. The molecular formula is C12H9ClN2O2S. The minimum absolute atomic E-state index is 0.0739. The summed E-state index contributed by atoms with van der Waals surface area (Å²) in [4.78, 5) is 3.75. The summed E-state index contributed by atoms with van der Waals surface area (Å²) in [5.74, 6) is 0. The van der Waals surface area contributed by atoms with Gasteiger partial charge in [0.25, 0.3) is 10.0 Å². The largest absolute Gasteiger partial charge is 0.299 e. The van der Waals surface area contributed by atoms with Crippen LogP contribution in [-0.4, -0.2) is 19.6 Å². The molecule has 1 heterocycles. The normalized spacial score (nSPS) is 11.8. The molecule has 0 N–H and O–H groups in total. The fraction of sp³-hybridized carbons (Fsp3) is 0. The lowest BCUT2D eigenvalue weighted by Gasteiger charge is -1.96. The number of pyridine rings is 1. The van der Waals surface area contributed by atoms with Gasteiger partial charge < -0.3 is 0 Å². The lowest BCUT2D eigenvalue weighted by atomic mass is 10.2. The number of halogens is 1. The quantitative estimate of drug-likeness (QED) is 0.812. The Hall–Kier alpha value is -1.72. The van der Waals surface area contributed by atoms with E-state index >= 15 is 0 Å². The Bertz CT molecular complexity index is 652. The Kier molecular flexibility index (Phi) is 3.74. The van der Waals surface area contributed by atoms with Gasteiger partial charge in [-0.3, -0.25) is 0 Å². The van der Waals surface area contributed by atoms with Crippen LogP contribution in [0.5, 0.6) is 0 Å². The van der Waals surface area contributed by atoms with Crippen molar-refractivity contribution in [2.75, 3.05) is 0 Å². The molecule has 0 aliphatic rings. The van der Waals surface area contributed by atoms with Crippen molar-refractivity contribution < 1.29 is 8.42 Å². The lowest BCUT2D eigenvalue weighted by Crippen LogP contribution is -2.00. The predicted octanol–water partition coefficient (Wildman–Crippen LogP) is 2.54. The second-order valence-corrected chi connectivity index (χ2v) is 5.44. The highest BCUT2D eigenvalue weighted by molar-refractivity contribution is 7.90. The van der Waals surface area contributed by atoms with E-state index in [2.05, 4.69) is 9.38 Å². The van der Waals surface area contributed by atoms with Gasteiger partial charge in [-0.2, -0.15) is 12.8 Å². The van der Waals surface area contributed by atoms with Crippen LogP contribution >= 0.6 is 11.6 Å². The van der Waals surface area contributed by atoms with E-state index in [9.17, 15) is 8.42 Å². The van der Waals surface area contributed by atoms with Gasteiger partial charge in [-0.25, -0.2) is 4.98 Å². The molecule has 0 fully saturated rings. The molecule has 1 aromatic heterocycles. The van der Waals surface area contributed by atoms with Gasteiger partial charge in [-0.1, -0.05) is 29.8 Å². The SMILES string of the molecule is O=S(=O)(/N=C/c1ccc(Cl)cc1)c1ccccn1. The predicted molar refractivity (Wildman–Crippen MR) is 70.5 cm³/mol. The van der Waals surface area contributed by atoms with Crippen molar-refractivity contribution in [2.45, 2.75) is 5.03 Å². The Morgan fingerprint density at radius 2 is 1.83 bits per heavy atom. The number of rotatable bonds is 3. The summed E-state index contributed by atoms with van der Waals surface area (Å²) in [6.45, 7) is 0. The van der Waals surface area contributed by atoms with Gasteiger partial charge in [0.1, 0.15) is 0 Å². The molecule has 0 unspecified atom stereocenters. The molecule has 18 heavy (non-hydrogen) atoms. The van der Waals surface area contributed by atoms with Crippen molar-refractivity contribution in [1.29, 1.82) is 0 Å². The number of aromatic nitrogens is 1. The first-order chi connectivity index (χ1) is 8.58. The van der Waals surface area contributed by atoms with E-state index < -0.39 is 10.0 Å². The van der Waals surface area contributed by atoms with Crippen LogP contribution in [0.4, 0.5) is 0 Å². The third-order valence-corrected chi connectivity index (χ3v) is 3.52. The molecule has 0 saturated carbocycles. The van der Waals surface area contributed by atoms with E-state index in [1.165, 1.54) is 18.5 Å². The smallest absolute Gasteiger partial charge is 0.243 e. The molecule has 92 valence electrons. The molecule has 0 aliphatic carbocycles. The first-order valence-corrected chi connectivity index (χ1v) is 6.87. The third-order valence-electron chi connectivity index (χ3n) is 2.11. The van der Waals surface area contributed by atoms with Gasteiger partial charge in [0.2, 0.25) is 0 Å². The average molecular weight is 281 g/mol. The van der Waals surface area contributed by atoms with Crippen molar-refractivity contribution >= 4 is 27.8 Å². The highest BCUT2D eigenvalue weighted by Crippen LogP contribution is 2.10. The minimum atomic E-state index is -3.74. The molecule has 0 saturated heterocycles. The molecule has 0 bridgehead atoms. The van der Waals surface area contributed by atoms with E-state index in [-0.39, 0.29) is 5.03 Å². The average Bonchev–Trinajstić information content (AvgIpc) is 2.39. The zero-order chi connectivity index (χ0) is 13.0. The van der Waals surface area contributed by atoms with E-state index in [0.29, 0.717) is 10.6 Å². The van der Waals surface area contributed by atoms with Crippen molar-refractivity contribution in [2.24, 2.45) is 4.40 Å². The second kappa shape index (κ2) is 5.29. The first-order valence-electron chi connectivity index (χ1n) is 5.05. The van der Waals surface area contributed by atoms with Gasteiger partial charge in [-0.15, -0.1) is 0 Å². The van der Waals surface area contributed by atoms with Crippen LogP contribution in [0.2, 0.25) is 5.02 Å². The molecule has 0 atom stereocenters. The number of benzene rings is 1. The molecule has 2 rings (SSSR count). The van der Waals surface area contributed by atoms with Gasteiger partial charge in [0.15, 0.2) is 5.03 Å². The lowest BCUT2D eigenvalue weighted by molar-refractivity contribution is 0.594. The van der Waals surface area contributed by atoms with Crippen LogP contribution < -0.4 is 0 Å². The van der Waals surface area contributed by atoms with Crippen LogP contribution in [0.15, 0.2) is 58.1 Å². The summed E-state index contributed by atoms with van der Waals surface area (Å²) in [6.07, 6.45) is 2.67. The Balaban J connectivity index is 2.26. The van der Waals surface area contributed by atoms with Gasteiger partial charge in [-0.05, 0) is 29.8 Å². The molecule has 4 nitrogen and oxygen atoms in total. The molecule has 0 spiro atoms. The minimum Gasteiger partial charge on any atom is -0.243 e. The number of nitrogens with zero attached hydrogens (tertiary/aromatic N) is 2. The zero-order valence-corrected chi connectivity index (χ0v) is 10.8. The molecule has 0 aliphatic heterocycles. The van der Waals surface area contributed by atoms with E-state index in [0.717, 1.165) is 0 Å². The molecule has 0 radical (unpaired) electrons. The Morgan fingerprint density at radius 1 is 1.11 bits per heavy atom. The standard InChI is InChI=1S/C12H9ClN2O2S/c13-11-6-4-10(5-7-11)9-15-18(16,17)12-3-1-2-8-14-12/h1-9H/b15-9+. The summed E-state index contributed by atoms with van der Waals surface area (Å²) in [5, 5.41) is 0.509. The van der Waals surface area contributed by atoms with Crippen molar-refractivity contribution in [3.63, 3.8) is 0 Å². The highest BCUT2D eigenvalue weighted by Gasteiger charge is 2.11. The monoisotopic (exact) mass is 280 g/mol. The Labute approximate surface area is 110 Å². The fourth-order valence-electron chi connectivity index (χ4n) is 1.23. The van der Waals surface area contributed by atoms with Gasteiger partial charge >= 0.3 is 0 Å². The van der Waals surface area contributed by atoms with Crippen molar-refractivity contribution in [1.82, 2.24) is 4.98 Å². The molecule has 6 heteroatoms. The third kappa shape index (κ3) is 3.15. The highest BCUT2D eigenvalue weighted by atomic mass is 35.5. The molecule has 0 amide bonds. The van der Waals surface area contributed by atoms with Gasteiger partial charge in [0, 0.05) is 17.4 Å². The number of hydrogen-bond donors (Lipinski definition) is 0. The van der Waals surface area contributed by atoms with Gasteiger partial charge in [0.05, 0.1) is 0 Å². The van der Waals surface area contributed by atoms with Crippen LogP contribution in [0.1, 0.15) is 5.56 Å². The summed E-state index contributed by atoms with van der Waals surface area (Å²) < 4.78 is 27.1. The first kappa shape index (κ1) is 12.7. The van der Waals surface area contributed by atoms with Crippen LogP contribution in [0.3, 0.4) is 0 Å². The maximum Gasteiger partial charge on any atom is 0.299 e. The summed E-state index contributed by atoms with van der Waals surface area (Å²) in [7, 11) is -3.74. The zero-order valence-electron chi connectivity index (χ0n) is 9.19. The van der Waals surface area contributed by atoms with Crippen LogP contribution in [0.25, 0.3) is 0 Å². The summed E-state index contributed by atoms with van der Waals surface area (Å²) in [6, 6.07) is 11.3. The Morgan fingerprint density at radius 3 is 2.44 bits per heavy atom.